The number of halogens is 1. The minimum absolute atomic E-state index is 0.145. The van der Waals surface area contributed by atoms with Gasteiger partial charge in [0, 0.05) is 16.0 Å². The van der Waals surface area contributed by atoms with Crippen molar-refractivity contribution in [1.82, 2.24) is 4.90 Å². The summed E-state index contributed by atoms with van der Waals surface area (Å²) in [5.74, 6) is 0.0618. The van der Waals surface area contributed by atoms with Crippen molar-refractivity contribution in [2.24, 2.45) is 4.99 Å². The van der Waals surface area contributed by atoms with Crippen molar-refractivity contribution in [2.45, 2.75) is 13.2 Å². The number of hydrogen-bond acceptors (Lipinski definition) is 5. The molecule has 0 unspecified atom stereocenters. The van der Waals surface area contributed by atoms with Gasteiger partial charge in [-0.2, -0.15) is 0 Å². The van der Waals surface area contributed by atoms with E-state index in [9.17, 15) is 9.90 Å². The second-order valence-electron chi connectivity index (χ2n) is 3.42. The highest BCUT2D eigenvalue weighted by atomic mass is 127. The van der Waals surface area contributed by atoms with E-state index in [-0.39, 0.29) is 12.2 Å². The Hall–Kier alpha value is -1.15. The summed E-state index contributed by atoms with van der Waals surface area (Å²) in [5, 5.41) is 10.1. The molecule has 2 rings (SSSR count). The van der Waals surface area contributed by atoms with Crippen LogP contribution < -0.4 is 0 Å². The predicted molar refractivity (Wildman–Crippen MR) is 71.2 cm³/mol. The summed E-state index contributed by atoms with van der Waals surface area (Å²) in [6.45, 7) is 1.99. The zero-order chi connectivity index (χ0) is 12.4. The third-order valence-electron chi connectivity index (χ3n) is 2.31. The van der Waals surface area contributed by atoms with E-state index in [2.05, 4.69) is 27.6 Å². The highest BCUT2D eigenvalue weighted by Gasteiger charge is 2.30. The molecule has 2 aliphatic heterocycles. The van der Waals surface area contributed by atoms with Gasteiger partial charge in [-0.1, -0.05) is 0 Å². The summed E-state index contributed by atoms with van der Waals surface area (Å²) in [4.78, 5) is 17.2. The SMILES string of the molecule is CCOC(=O)C1=CN=C2C=CC(I)=CN2[C@@H]1O. The number of amidine groups is 1. The Balaban J connectivity index is 2.28. The lowest BCUT2D eigenvalue weighted by molar-refractivity contribution is -0.140. The highest BCUT2D eigenvalue weighted by Crippen LogP contribution is 2.23. The number of carbonyl (C=O) groups excluding carboxylic acids is 1. The molecule has 0 saturated heterocycles. The monoisotopic (exact) mass is 346 g/mol. The summed E-state index contributed by atoms with van der Waals surface area (Å²) in [5.41, 5.74) is 0.145. The fourth-order valence-corrected chi connectivity index (χ4v) is 1.99. The third kappa shape index (κ3) is 2.42. The average Bonchev–Trinajstić information content (AvgIpc) is 2.30. The van der Waals surface area contributed by atoms with Gasteiger partial charge in [0.25, 0.3) is 0 Å². The number of aliphatic hydroxyl groups excluding tert-OH is 1. The van der Waals surface area contributed by atoms with Crippen molar-refractivity contribution in [1.29, 1.82) is 0 Å². The second-order valence-corrected chi connectivity index (χ2v) is 4.67. The molecular weight excluding hydrogens is 335 g/mol. The third-order valence-corrected chi connectivity index (χ3v) is 2.95. The van der Waals surface area contributed by atoms with Gasteiger partial charge in [-0.25, -0.2) is 9.79 Å². The maximum absolute atomic E-state index is 11.6. The first-order valence-electron chi connectivity index (χ1n) is 5.10. The normalized spacial score (nSPS) is 22.4. The summed E-state index contributed by atoms with van der Waals surface area (Å²) in [6.07, 6.45) is 5.70. The molecule has 0 spiro atoms. The van der Waals surface area contributed by atoms with E-state index in [0.29, 0.717) is 5.84 Å². The topological polar surface area (TPSA) is 62.1 Å². The standard InChI is InChI=1S/C11H11IN2O3/c1-2-17-11(16)8-5-13-9-4-3-7(12)6-14(9)10(8)15/h3-6,10,15H,2H2,1H3/t10-/m1/s1. The Morgan fingerprint density at radius 1 is 1.65 bits per heavy atom. The summed E-state index contributed by atoms with van der Waals surface area (Å²) < 4.78 is 5.80. The summed E-state index contributed by atoms with van der Waals surface area (Å²) >= 11 is 2.13. The van der Waals surface area contributed by atoms with Gasteiger partial charge < -0.3 is 14.7 Å². The van der Waals surface area contributed by atoms with Crippen LogP contribution >= 0.6 is 22.6 Å². The highest BCUT2D eigenvalue weighted by molar-refractivity contribution is 14.1. The number of hydrogen-bond donors (Lipinski definition) is 1. The van der Waals surface area contributed by atoms with Crippen LogP contribution in [0.4, 0.5) is 0 Å². The van der Waals surface area contributed by atoms with Crippen molar-refractivity contribution >= 4 is 34.4 Å². The molecule has 0 bridgehead atoms. The van der Waals surface area contributed by atoms with E-state index in [4.69, 9.17) is 4.74 Å². The fraction of sp³-hybridized carbons (Fsp3) is 0.273. The molecule has 0 aromatic heterocycles. The maximum Gasteiger partial charge on any atom is 0.340 e. The maximum atomic E-state index is 11.6. The Morgan fingerprint density at radius 2 is 2.41 bits per heavy atom. The van der Waals surface area contributed by atoms with Crippen molar-refractivity contribution < 1.29 is 14.6 Å². The van der Waals surface area contributed by atoms with Crippen LogP contribution in [0.25, 0.3) is 0 Å². The largest absolute Gasteiger partial charge is 0.462 e. The lowest BCUT2D eigenvalue weighted by atomic mass is 10.1. The van der Waals surface area contributed by atoms with Gasteiger partial charge in [0.15, 0.2) is 6.23 Å². The molecule has 0 fully saturated rings. The summed E-state index contributed by atoms with van der Waals surface area (Å²) in [7, 11) is 0. The van der Waals surface area contributed by atoms with Gasteiger partial charge in [0.05, 0.1) is 6.61 Å². The minimum atomic E-state index is -1.05. The van der Waals surface area contributed by atoms with Gasteiger partial charge in [-0.15, -0.1) is 0 Å². The number of rotatable bonds is 2. The van der Waals surface area contributed by atoms with E-state index in [1.54, 1.807) is 19.2 Å². The molecule has 0 saturated carbocycles. The Labute approximate surface area is 112 Å². The number of ether oxygens (including phenoxy) is 1. The predicted octanol–water partition coefficient (Wildman–Crippen LogP) is 1.31. The first kappa shape index (κ1) is 12.3. The molecule has 5 nitrogen and oxygen atoms in total. The van der Waals surface area contributed by atoms with Crippen LogP contribution in [0.5, 0.6) is 0 Å². The fourth-order valence-electron chi connectivity index (χ4n) is 1.51. The molecule has 0 aliphatic carbocycles. The molecule has 2 aliphatic rings. The van der Waals surface area contributed by atoms with Crippen molar-refractivity contribution in [3.63, 3.8) is 0 Å². The molecule has 0 aromatic rings. The van der Waals surface area contributed by atoms with Crippen LogP contribution in [0.3, 0.4) is 0 Å². The lowest BCUT2D eigenvalue weighted by Crippen LogP contribution is -2.42. The quantitative estimate of drug-likeness (QED) is 0.605. The first-order chi connectivity index (χ1) is 8.13. The lowest BCUT2D eigenvalue weighted by Gasteiger charge is -2.31. The van der Waals surface area contributed by atoms with Gasteiger partial charge in [0.2, 0.25) is 0 Å². The minimum Gasteiger partial charge on any atom is -0.462 e. The number of fused-ring (bicyclic) bond motifs is 1. The van der Waals surface area contributed by atoms with Crippen LogP contribution in [-0.2, 0) is 9.53 Å². The number of aliphatic imine (C=N–C) groups is 1. The summed E-state index contributed by atoms with van der Waals surface area (Å²) in [6, 6.07) is 0. The van der Waals surface area contributed by atoms with Gasteiger partial charge in [-0.3, -0.25) is 0 Å². The zero-order valence-electron chi connectivity index (χ0n) is 9.13. The van der Waals surface area contributed by atoms with Crippen LogP contribution in [-0.4, -0.2) is 34.6 Å². The van der Waals surface area contributed by atoms with E-state index < -0.39 is 12.2 Å². The number of nitrogens with zero attached hydrogens (tertiary/aromatic N) is 2. The number of esters is 1. The molecule has 0 amide bonds. The molecule has 0 aromatic carbocycles. The van der Waals surface area contributed by atoms with Crippen LogP contribution in [0.2, 0.25) is 0 Å². The van der Waals surface area contributed by atoms with Gasteiger partial charge in [0.1, 0.15) is 11.4 Å². The number of allylic oxidation sites excluding steroid dienone is 2. The van der Waals surface area contributed by atoms with E-state index in [1.807, 2.05) is 6.08 Å². The van der Waals surface area contributed by atoms with Gasteiger partial charge >= 0.3 is 5.97 Å². The Bertz CT molecular complexity index is 465. The van der Waals surface area contributed by atoms with Crippen LogP contribution in [0.15, 0.2) is 38.7 Å². The van der Waals surface area contributed by atoms with Gasteiger partial charge in [-0.05, 0) is 41.7 Å². The smallest absolute Gasteiger partial charge is 0.340 e. The zero-order valence-corrected chi connectivity index (χ0v) is 11.3. The van der Waals surface area contributed by atoms with E-state index >= 15 is 0 Å². The average molecular weight is 346 g/mol. The molecule has 1 atom stereocenters. The Morgan fingerprint density at radius 3 is 3.12 bits per heavy atom. The van der Waals surface area contributed by atoms with Crippen LogP contribution in [0, 0.1) is 0 Å². The number of carbonyl (C=O) groups is 1. The van der Waals surface area contributed by atoms with Crippen LogP contribution in [0.1, 0.15) is 6.92 Å². The van der Waals surface area contributed by atoms with Crippen molar-refractivity contribution in [2.75, 3.05) is 6.61 Å². The van der Waals surface area contributed by atoms with Crippen molar-refractivity contribution in [3.05, 3.63) is 33.7 Å². The first-order valence-corrected chi connectivity index (χ1v) is 6.18. The molecule has 0 radical (unpaired) electrons. The molecule has 6 heteroatoms. The van der Waals surface area contributed by atoms with E-state index in [1.165, 1.54) is 11.1 Å². The molecule has 90 valence electrons. The second kappa shape index (κ2) is 5.01. The molecular formula is C11H11IN2O3. The molecule has 17 heavy (non-hydrogen) atoms. The molecule has 2 heterocycles. The Kier molecular flexibility index (Phi) is 3.63. The molecule has 1 N–H and O–H groups in total. The van der Waals surface area contributed by atoms with Crippen molar-refractivity contribution in [3.8, 4) is 0 Å². The number of aliphatic hydroxyl groups is 1. The van der Waals surface area contributed by atoms with E-state index in [0.717, 1.165) is 3.58 Å².